The molecule has 0 heterocycles. The maximum Gasteiger partial charge on any atom is 0.123 e. The Morgan fingerprint density at radius 1 is 1.38 bits per heavy atom. The smallest absolute Gasteiger partial charge is 0.123 e. The standard InChI is InChI=1S/C13H18BrClO/c1-13(2,3)8-11(15)10-7-9(14)5-6-12(10)16-4/h5-7,11H,8H2,1-4H3. The van der Waals surface area contributed by atoms with Crippen molar-refractivity contribution in [1.82, 2.24) is 0 Å². The second kappa shape index (κ2) is 5.42. The van der Waals surface area contributed by atoms with Gasteiger partial charge >= 0.3 is 0 Å². The SMILES string of the molecule is COc1ccc(Br)cc1C(Cl)CC(C)(C)C. The Balaban J connectivity index is 2.97. The van der Waals surface area contributed by atoms with E-state index in [0.29, 0.717) is 0 Å². The highest BCUT2D eigenvalue weighted by Crippen LogP contribution is 2.39. The number of methoxy groups -OCH3 is 1. The molecule has 0 N–H and O–H groups in total. The number of rotatable bonds is 3. The molecular weight excluding hydrogens is 287 g/mol. The summed E-state index contributed by atoms with van der Waals surface area (Å²) in [6, 6.07) is 5.93. The van der Waals surface area contributed by atoms with Gasteiger partial charge in [0.1, 0.15) is 5.75 Å². The van der Waals surface area contributed by atoms with E-state index in [2.05, 4.69) is 36.7 Å². The van der Waals surface area contributed by atoms with Crippen molar-refractivity contribution in [2.75, 3.05) is 7.11 Å². The Labute approximate surface area is 111 Å². The molecule has 1 nitrogen and oxygen atoms in total. The molecule has 1 atom stereocenters. The topological polar surface area (TPSA) is 9.23 Å². The summed E-state index contributed by atoms with van der Waals surface area (Å²) in [4.78, 5) is 0. The monoisotopic (exact) mass is 304 g/mol. The highest BCUT2D eigenvalue weighted by molar-refractivity contribution is 9.10. The molecule has 0 aliphatic rings. The normalized spacial score (nSPS) is 13.6. The summed E-state index contributed by atoms with van der Waals surface area (Å²) in [6.45, 7) is 6.56. The average molecular weight is 306 g/mol. The fourth-order valence-corrected chi connectivity index (χ4v) is 2.61. The molecule has 0 radical (unpaired) electrons. The minimum Gasteiger partial charge on any atom is -0.496 e. The van der Waals surface area contributed by atoms with Crippen LogP contribution < -0.4 is 4.74 Å². The summed E-state index contributed by atoms with van der Waals surface area (Å²) in [5.74, 6) is 0.854. The largest absolute Gasteiger partial charge is 0.496 e. The van der Waals surface area contributed by atoms with Gasteiger partial charge in [0, 0.05) is 10.0 Å². The lowest BCUT2D eigenvalue weighted by Crippen LogP contribution is -2.09. The van der Waals surface area contributed by atoms with Crippen LogP contribution in [-0.2, 0) is 0 Å². The number of benzene rings is 1. The summed E-state index contributed by atoms with van der Waals surface area (Å²) in [5.41, 5.74) is 1.26. The van der Waals surface area contributed by atoms with E-state index in [4.69, 9.17) is 16.3 Å². The molecule has 0 spiro atoms. The average Bonchev–Trinajstić information content (AvgIpc) is 2.15. The van der Waals surface area contributed by atoms with Crippen molar-refractivity contribution in [2.24, 2.45) is 5.41 Å². The van der Waals surface area contributed by atoms with Crippen LogP contribution >= 0.6 is 27.5 Å². The van der Waals surface area contributed by atoms with Gasteiger partial charge in [-0.3, -0.25) is 0 Å². The first kappa shape index (κ1) is 13.9. The lowest BCUT2D eigenvalue weighted by atomic mass is 9.88. The van der Waals surface area contributed by atoms with Gasteiger partial charge in [-0.15, -0.1) is 11.6 Å². The van der Waals surface area contributed by atoms with Crippen molar-refractivity contribution in [3.8, 4) is 5.75 Å². The van der Waals surface area contributed by atoms with Gasteiger partial charge in [0.2, 0.25) is 0 Å². The summed E-state index contributed by atoms with van der Waals surface area (Å²) in [7, 11) is 1.67. The zero-order chi connectivity index (χ0) is 12.3. The van der Waals surface area contributed by atoms with E-state index in [1.165, 1.54) is 0 Å². The van der Waals surface area contributed by atoms with Crippen LogP contribution in [0.4, 0.5) is 0 Å². The number of hydrogen-bond donors (Lipinski definition) is 0. The predicted molar refractivity (Wildman–Crippen MR) is 73.4 cm³/mol. The van der Waals surface area contributed by atoms with Crippen LogP contribution in [0.3, 0.4) is 0 Å². The fraction of sp³-hybridized carbons (Fsp3) is 0.538. The quantitative estimate of drug-likeness (QED) is 0.700. The van der Waals surface area contributed by atoms with Crippen molar-refractivity contribution < 1.29 is 4.74 Å². The number of ether oxygens (including phenoxy) is 1. The van der Waals surface area contributed by atoms with E-state index in [-0.39, 0.29) is 10.8 Å². The molecule has 0 saturated heterocycles. The molecule has 1 rings (SSSR count). The molecule has 16 heavy (non-hydrogen) atoms. The Hall–Kier alpha value is -0.210. The van der Waals surface area contributed by atoms with Gasteiger partial charge in [0.05, 0.1) is 12.5 Å². The lowest BCUT2D eigenvalue weighted by Gasteiger charge is -2.23. The first-order chi connectivity index (χ1) is 7.33. The number of alkyl halides is 1. The number of hydrogen-bond acceptors (Lipinski definition) is 1. The van der Waals surface area contributed by atoms with Crippen LogP contribution in [0.25, 0.3) is 0 Å². The minimum absolute atomic E-state index is 0.0209. The predicted octanol–water partition coefficient (Wildman–Crippen LogP) is 5.17. The van der Waals surface area contributed by atoms with Crippen LogP contribution in [-0.4, -0.2) is 7.11 Å². The van der Waals surface area contributed by atoms with E-state index in [9.17, 15) is 0 Å². The molecule has 1 aromatic rings. The van der Waals surface area contributed by atoms with Crippen molar-refractivity contribution >= 4 is 27.5 Å². The van der Waals surface area contributed by atoms with E-state index >= 15 is 0 Å². The Bertz CT molecular complexity index is 357. The van der Waals surface area contributed by atoms with Gasteiger partial charge in [-0.05, 0) is 30.0 Å². The second-order valence-corrected chi connectivity index (χ2v) is 6.56. The molecule has 1 unspecified atom stereocenters. The summed E-state index contributed by atoms with van der Waals surface area (Å²) in [6.07, 6.45) is 0.918. The van der Waals surface area contributed by atoms with E-state index in [1.54, 1.807) is 7.11 Å². The molecule has 0 aromatic heterocycles. The van der Waals surface area contributed by atoms with E-state index in [0.717, 1.165) is 22.2 Å². The first-order valence-corrected chi connectivity index (χ1v) is 6.54. The van der Waals surface area contributed by atoms with Crippen LogP contribution in [0.2, 0.25) is 0 Å². The fourth-order valence-electron chi connectivity index (χ4n) is 1.60. The van der Waals surface area contributed by atoms with Gasteiger partial charge in [0.25, 0.3) is 0 Å². The molecular formula is C13H18BrClO. The zero-order valence-electron chi connectivity index (χ0n) is 10.2. The zero-order valence-corrected chi connectivity index (χ0v) is 12.5. The number of halogens is 2. The van der Waals surface area contributed by atoms with Crippen LogP contribution in [0.1, 0.15) is 38.1 Å². The molecule has 90 valence electrons. The summed E-state index contributed by atoms with van der Waals surface area (Å²) >= 11 is 9.91. The van der Waals surface area contributed by atoms with Crippen molar-refractivity contribution in [3.63, 3.8) is 0 Å². The second-order valence-electron chi connectivity index (χ2n) is 5.12. The molecule has 0 fully saturated rings. The minimum atomic E-state index is -0.0209. The van der Waals surface area contributed by atoms with Crippen LogP contribution in [0, 0.1) is 5.41 Å². The third-order valence-electron chi connectivity index (χ3n) is 2.32. The maximum atomic E-state index is 6.45. The van der Waals surface area contributed by atoms with Crippen molar-refractivity contribution in [3.05, 3.63) is 28.2 Å². The van der Waals surface area contributed by atoms with Crippen LogP contribution in [0.5, 0.6) is 5.75 Å². The third kappa shape index (κ3) is 3.99. The first-order valence-electron chi connectivity index (χ1n) is 5.31. The molecule has 0 bridgehead atoms. The highest BCUT2D eigenvalue weighted by Gasteiger charge is 2.21. The molecule has 0 saturated carbocycles. The molecule has 0 aliphatic carbocycles. The Morgan fingerprint density at radius 2 is 2.00 bits per heavy atom. The molecule has 3 heteroatoms. The van der Waals surface area contributed by atoms with Crippen LogP contribution in [0.15, 0.2) is 22.7 Å². The van der Waals surface area contributed by atoms with Gasteiger partial charge < -0.3 is 4.74 Å². The van der Waals surface area contributed by atoms with Crippen molar-refractivity contribution in [1.29, 1.82) is 0 Å². The van der Waals surface area contributed by atoms with Gasteiger partial charge in [-0.2, -0.15) is 0 Å². The molecule has 0 aliphatic heterocycles. The van der Waals surface area contributed by atoms with Gasteiger partial charge in [-0.1, -0.05) is 36.7 Å². The Kier molecular flexibility index (Phi) is 4.69. The lowest BCUT2D eigenvalue weighted by molar-refractivity contribution is 0.363. The van der Waals surface area contributed by atoms with Gasteiger partial charge in [-0.25, -0.2) is 0 Å². The van der Waals surface area contributed by atoms with E-state index < -0.39 is 0 Å². The summed E-state index contributed by atoms with van der Waals surface area (Å²) in [5, 5.41) is -0.0209. The molecule has 0 amide bonds. The van der Waals surface area contributed by atoms with Crippen molar-refractivity contribution in [2.45, 2.75) is 32.6 Å². The Morgan fingerprint density at radius 3 is 2.50 bits per heavy atom. The molecule has 1 aromatic carbocycles. The third-order valence-corrected chi connectivity index (χ3v) is 3.20. The van der Waals surface area contributed by atoms with Gasteiger partial charge in [0.15, 0.2) is 0 Å². The highest BCUT2D eigenvalue weighted by atomic mass is 79.9. The summed E-state index contributed by atoms with van der Waals surface area (Å²) < 4.78 is 6.36. The maximum absolute atomic E-state index is 6.45. The van der Waals surface area contributed by atoms with E-state index in [1.807, 2.05) is 18.2 Å².